The second-order valence-corrected chi connectivity index (χ2v) is 9.79. The van der Waals surface area contributed by atoms with E-state index in [9.17, 15) is 22.0 Å². The lowest BCUT2D eigenvalue weighted by atomic mass is 10.2. The number of halogens is 2. The highest BCUT2D eigenvalue weighted by molar-refractivity contribution is 7.89. The normalized spacial score (nSPS) is 13.6. The number of benzene rings is 2. The van der Waals surface area contributed by atoms with Gasteiger partial charge in [-0.2, -0.15) is 18.3 Å². The van der Waals surface area contributed by atoms with E-state index in [-0.39, 0.29) is 48.0 Å². The van der Waals surface area contributed by atoms with Crippen molar-refractivity contribution in [3.8, 4) is 17.6 Å². The van der Waals surface area contributed by atoms with Crippen LogP contribution < -0.4 is 9.47 Å². The number of likely N-dealkylation sites (N-methyl/N-ethyl adjacent to an activating group) is 1. The van der Waals surface area contributed by atoms with Crippen molar-refractivity contribution in [1.29, 1.82) is 5.26 Å². The van der Waals surface area contributed by atoms with E-state index in [1.165, 1.54) is 37.4 Å². The van der Waals surface area contributed by atoms with Crippen molar-refractivity contribution < 1.29 is 31.5 Å². The van der Waals surface area contributed by atoms with E-state index < -0.39 is 16.6 Å². The number of rotatable bonds is 11. The Labute approximate surface area is 197 Å². The lowest BCUT2D eigenvalue weighted by molar-refractivity contribution is -0.132. The van der Waals surface area contributed by atoms with Crippen molar-refractivity contribution in [2.45, 2.75) is 43.9 Å². The first-order chi connectivity index (χ1) is 16.1. The summed E-state index contributed by atoms with van der Waals surface area (Å²) in [5.41, 5.74) is 0.969. The number of carbonyl (C=O) groups excluding carboxylic acids is 1. The Morgan fingerprint density at radius 2 is 1.85 bits per heavy atom. The van der Waals surface area contributed by atoms with E-state index in [2.05, 4.69) is 4.74 Å². The number of nitriles is 1. The quantitative estimate of drug-likeness (QED) is 0.476. The van der Waals surface area contributed by atoms with Gasteiger partial charge in [0, 0.05) is 19.6 Å². The zero-order chi connectivity index (χ0) is 24.9. The Morgan fingerprint density at radius 3 is 2.41 bits per heavy atom. The molecule has 11 heteroatoms. The third-order valence-corrected chi connectivity index (χ3v) is 7.05. The Bertz CT molecular complexity index is 1160. The van der Waals surface area contributed by atoms with Crippen LogP contribution in [0, 0.1) is 11.3 Å². The molecule has 0 bridgehead atoms. The minimum absolute atomic E-state index is 0.0178. The molecule has 182 valence electrons. The molecule has 3 rings (SSSR count). The minimum atomic E-state index is -3.93. The number of hydrogen-bond acceptors (Lipinski definition) is 6. The summed E-state index contributed by atoms with van der Waals surface area (Å²) in [7, 11) is -2.61. The van der Waals surface area contributed by atoms with Crippen molar-refractivity contribution in [1.82, 2.24) is 9.21 Å². The largest absolute Gasteiger partial charge is 0.490 e. The maximum Gasteiger partial charge on any atom is 0.387 e. The Hall–Kier alpha value is -3.23. The molecule has 34 heavy (non-hydrogen) atoms. The Balaban J connectivity index is 1.74. The van der Waals surface area contributed by atoms with Gasteiger partial charge in [-0.05, 0) is 61.7 Å². The highest BCUT2D eigenvalue weighted by Gasteiger charge is 2.34. The zero-order valence-electron chi connectivity index (χ0n) is 18.8. The molecule has 8 nitrogen and oxygen atoms in total. The predicted octanol–water partition coefficient (Wildman–Crippen LogP) is 3.37. The third-order valence-electron chi connectivity index (χ3n) is 5.23. The summed E-state index contributed by atoms with van der Waals surface area (Å²) in [5.74, 6) is -0.338. The van der Waals surface area contributed by atoms with Gasteiger partial charge in [-0.1, -0.05) is 6.07 Å². The number of hydrogen-bond donors (Lipinski definition) is 0. The number of carbonyl (C=O) groups is 1. The maximum absolute atomic E-state index is 13.1. The maximum atomic E-state index is 13.1. The first-order valence-electron chi connectivity index (χ1n) is 10.6. The smallest absolute Gasteiger partial charge is 0.387 e. The molecule has 0 aromatic heterocycles. The second kappa shape index (κ2) is 10.8. The summed E-state index contributed by atoms with van der Waals surface area (Å²) in [4.78, 5) is 14.6. The zero-order valence-corrected chi connectivity index (χ0v) is 19.6. The van der Waals surface area contributed by atoms with Gasteiger partial charge < -0.3 is 14.4 Å². The van der Waals surface area contributed by atoms with Gasteiger partial charge in [-0.15, -0.1) is 0 Å². The highest BCUT2D eigenvalue weighted by Crippen LogP contribution is 2.33. The van der Waals surface area contributed by atoms with Gasteiger partial charge in [0.2, 0.25) is 15.9 Å². The summed E-state index contributed by atoms with van der Waals surface area (Å²) in [6.07, 6.45) is 1.59. The van der Waals surface area contributed by atoms with Crippen LogP contribution in [0.4, 0.5) is 8.78 Å². The highest BCUT2D eigenvalue weighted by atomic mass is 32.2. The third kappa shape index (κ3) is 6.21. The van der Waals surface area contributed by atoms with Gasteiger partial charge in [0.15, 0.2) is 11.5 Å². The Morgan fingerprint density at radius 1 is 1.18 bits per heavy atom. The molecule has 1 aliphatic rings. The summed E-state index contributed by atoms with van der Waals surface area (Å²) >= 11 is 0. The molecule has 0 N–H and O–H groups in total. The van der Waals surface area contributed by atoms with Crippen molar-refractivity contribution in [3.63, 3.8) is 0 Å². The summed E-state index contributed by atoms with van der Waals surface area (Å²) in [6.45, 7) is -1.24. The van der Waals surface area contributed by atoms with E-state index >= 15 is 0 Å². The van der Waals surface area contributed by atoms with Gasteiger partial charge >= 0.3 is 6.61 Å². The molecule has 0 atom stereocenters. The molecule has 0 unspecified atom stereocenters. The topological polar surface area (TPSA) is 99.9 Å². The standard InChI is InChI=1S/C23H25F2N3O5S/c1-3-32-21-12-17(6-11-20(21)33-23(24)25)14-28(18-7-8-18)22(29)15-27(2)34(30,31)19-9-4-16(13-26)5-10-19/h4-6,9-12,18,23H,3,7-8,14-15H2,1-2H3. The fraction of sp³-hybridized carbons (Fsp3) is 0.391. The number of sulfonamides is 1. The molecular formula is C23H25F2N3O5S. The van der Waals surface area contributed by atoms with E-state index in [1.807, 2.05) is 6.07 Å². The molecule has 1 fully saturated rings. The van der Waals surface area contributed by atoms with Crippen molar-refractivity contribution >= 4 is 15.9 Å². The van der Waals surface area contributed by atoms with Gasteiger partial charge in [-0.25, -0.2) is 8.42 Å². The van der Waals surface area contributed by atoms with Crippen molar-refractivity contribution in [2.24, 2.45) is 0 Å². The molecule has 0 saturated heterocycles. The number of amides is 1. The SMILES string of the molecule is CCOc1cc(CN(C(=O)CN(C)S(=O)(=O)c2ccc(C#N)cc2)C2CC2)ccc1OC(F)F. The lowest BCUT2D eigenvalue weighted by Crippen LogP contribution is -2.41. The average molecular weight is 494 g/mol. The molecule has 0 heterocycles. The van der Waals surface area contributed by atoms with Crippen LogP contribution in [0.5, 0.6) is 11.5 Å². The average Bonchev–Trinajstić information content (AvgIpc) is 3.64. The van der Waals surface area contributed by atoms with Crippen LogP contribution in [0.1, 0.15) is 30.9 Å². The molecule has 0 aliphatic heterocycles. The molecule has 1 aliphatic carbocycles. The summed E-state index contributed by atoms with van der Waals surface area (Å²) < 4.78 is 61.9. The van der Waals surface area contributed by atoms with Gasteiger partial charge in [0.1, 0.15) is 0 Å². The van der Waals surface area contributed by atoms with E-state index in [0.29, 0.717) is 11.1 Å². The van der Waals surface area contributed by atoms with Gasteiger partial charge in [0.05, 0.1) is 29.7 Å². The fourth-order valence-electron chi connectivity index (χ4n) is 3.36. The first kappa shape index (κ1) is 25.4. The van der Waals surface area contributed by atoms with Crippen LogP contribution in [0.3, 0.4) is 0 Å². The van der Waals surface area contributed by atoms with Crippen molar-refractivity contribution in [3.05, 3.63) is 53.6 Å². The predicted molar refractivity (Wildman–Crippen MR) is 119 cm³/mol. The first-order valence-corrected chi connectivity index (χ1v) is 12.1. The molecule has 1 saturated carbocycles. The molecule has 1 amide bonds. The monoisotopic (exact) mass is 493 g/mol. The van der Waals surface area contributed by atoms with Crippen LogP contribution in [0.2, 0.25) is 0 Å². The van der Waals surface area contributed by atoms with Gasteiger partial charge in [-0.3, -0.25) is 4.79 Å². The van der Waals surface area contributed by atoms with E-state index in [4.69, 9.17) is 10.00 Å². The number of nitrogens with zero attached hydrogens (tertiary/aromatic N) is 3. The van der Waals surface area contributed by atoms with Crippen LogP contribution in [0.25, 0.3) is 0 Å². The number of alkyl halides is 2. The number of ether oxygens (including phenoxy) is 2. The second-order valence-electron chi connectivity index (χ2n) is 7.74. The lowest BCUT2D eigenvalue weighted by Gasteiger charge is -2.26. The Kier molecular flexibility index (Phi) is 8.06. The van der Waals surface area contributed by atoms with E-state index in [0.717, 1.165) is 17.1 Å². The molecule has 0 spiro atoms. The fourth-order valence-corrected chi connectivity index (χ4v) is 4.48. The molecule has 2 aromatic carbocycles. The molecular weight excluding hydrogens is 468 g/mol. The van der Waals surface area contributed by atoms with Crippen LogP contribution >= 0.6 is 0 Å². The van der Waals surface area contributed by atoms with Crippen LogP contribution in [-0.2, 0) is 21.4 Å². The molecule has 2 aromatic rings. The minimum Gasteiger partial charge on any atom is -0.490 e. The summed E-state index contributed by atoms with van der Waals surface area (Å²) in [5, 5.41) is 8.89. The van der Waals surface area contributed by atoms with Crippen LogP contribution in [0.15, 0.2) is 47.4 Å². The van der Waals surface area contributed by atoms with Gasteiger partial charge in [0.25, 0.3) is 0 Å². The molecule has 0 radical (unpaired) electrons. The summed E-state index contributed by atoms with van der Waals surface area (Å²) in [6, 6.07) is 11.8. The van der Waals surface area contributed by atoms with Crippen LogP contribution in [-0.4, -0.2) is 56.4 Å². The van der Waals surface area contributed by atoms with E-state index in [1.54, 1.807) is 24.0 Å². The van der Waals surface area contributed by atoms with Crippen molar-refractivity contribution in [2.75, 3.05) is 20.2 Å².